The lowest BCUT2D eigenvalue weighted by atomic mass is 10.3. The van der Waals surface area contributed by atoms with Crippen molar-refractivity contribution in [2.24, 2.45) is 0 Å². The fourth-order valence-electron chi connectivity index (χ4n) is 0.875. The van der Waals surface area contributed by atoms with Gasteiger partial charge >= 0.3 is 0 Å². The predicted molar refractivity (Wildman–Crippen MR) is 69.7 cm³/mol. The summed E-state index contributed by atoms with van der Waals surface area (Å²) in [6, 6.07) is 9.75. The average molecular weight is 278 g/mol. The number of nitrogens with zero attached hydrogens (tertiary/aromatic N) is 2. The Bertz CT molecular complexity index is 437. The largest absolute Gasteiger partial charge is 0.367 e. The van der Waals surface area contributed by atoms with Crippen molar-refractivity contribution in [3.63, 3.8) is 0 Å². The first kappa shape index (κ1) is 10.9. The van der Waals surface area contributed by atoms with Crippen LogP contribution in [0.15, 0.2) is 30.3 Å². The monoisotopic (exact) mass is 278 g/mol. The molecule has 2 aromatic rings. The molecule has 0 spiro atoms. The van der Waals surface area contributed by atoms with Gasteiger partial charge in [0.1, 0.15) is 8.51 Å². The summed E-state index contributed by atoms with van der Waals surface area (Å²) in [7, 11) is 2.19. The van der Waals surface area contributed by atoms with Crippen molar-refractivity contribution in [1.82, 2.24) is 17.8 Å². The molecule has 0 aliphatic rings. The average Bonchev–Trinajstić information content (AvgIpc) is 2.23. The van der Waals surface area contributed by atoms with E-state index in [9.17, 15) is 0 Å². The Morgan fingerprint density at radius 2 is 2.20 bits per heavy atom. The Morgan fingerprint density at radius 1 is 1.33 bits per heavy atom. The van der Waals surface area contributed by atoms with Crippen molar-refractivity contribution in [2.75, 3.05) is 0 Å². The standard InChI is InChI=1S/C6H10N4OP4/c1-2-4-6(5-3-1)11-10-14-8-12-7-13-9-15-10/h1-5,8,12,14-15H,(H,7,9). The van der Waals surface area contributed by atoms with E-state index in [1.165, 1.54) is 0 Å². The SMILES string of the molecule is c1ccc(On2[pH]np[nH][pH][nH][pH]2)cc1. The Kier molecular flexibility index (Phi) is 4.44. The van der Waals surface area contributed by atoms with Crippen LogP contribution >= 0.6 is 34.0 Å². The predicted octanol–water partition coefficient (Wildman–Crippen LogP) is 3.30. The first-order chi connectivity index (χ1) is 7.45. The zero-order valence-corrected chi connectivity index (χ0v) is 11.5. The molecule has 2 N–H and O–H groups in total. The lowest BCUT2D eigenvalue weighted by molar-refractivity contribution is 0.277. The molecule has 0 bridgehead atoms. The highest BCUT2D eigenvalue weighted by molar-refractivity contribution is 7.44. The Labute approximate surface area is 93.1 Å². The van der Waals surface area contributed by atoms with Gasteiger partial charge in [0, 0.05) is 8.51 Å². The molecule has 0 fully saturated rings. The normalized spacial score (nSPS) is 11.5. The molecule has 0 saturated heterocycles. The van der Waals surface area contributed by atoms with Gasteiger partial charge in [0.15, 0.2) is 5.75 Å². The summed E-state index contributed by atoms with van der Waals surface area (Å²) < 4.78 is 12.5. The highest BCUT2D eigenvalue weighted by atomic mass is 31.1. The van der Waals surface area contributed by atoms with Gasteiger partial charge in [-0.05, 0) is 12.1 Å². The molecule has 80 valence electrons. The number of aromatic amines is 2. The third-order valence-corrected chi connectivity index (χ3v) is 5.21. The lowest BCUT2D eigenvalue weighted by Gasteiger charge is -2.05. The molecule has 1 aromatic heterocycles. The quantitative estimate of drug-likeness (QED) is 0.885. The van der Waals surface area contributed by atoms with E-state index in [-0.39, 0.29) is 0 Å². The van der Waals surface area contributed by atoms with Crippen LogP contribution in [-0.4, -0.2) is 17.8 Å². The number of hydrogen-bond acceptors (Lipinski definition) is 2. The van der Waals surface area contributed by atoms with Crippen LogP contribution in [0.4, 0.5) is 0 Å². The zero-order valence-electron chi connectivity index (χ0n) is 7.64. The van der Waals surface area contributed by atoms with E-state index in [1.807, 2.05) is 34.6 Å². The Hall–Kier alpha value is -0.580. The van der Waals surface area contributed by atoms with Crippen LogP contribution < -0.4 is 4.84 Å². The van der Waals surface area contributed by atoms with Gasteiger partial charge in [-0.15, -0.1) is 4.26 Å². The third-order valence-electron chi connectivity index (χ3n) is 1.45. The number of H-pyrrole nitrogens is 2. The second kappa shape index (κ2) is 6.10. The summed E-state index contributed by atoms with van der Waals surface area (Å²) in [5.41, 5.74) is 0. The number of hydrogen-bond donors (Lipinski definition) is 2. The molecule has 0 aliphatic heterocycles. The van der Waals surface area contributed by atoms with Crippen molar-refractivity contribution >= 4 is 34.0 Å². The zero-order chi connectivity index (χ0) is 10.3. The van der Waals surface area contributed by atoms with E-state index >= 15 is 0 Å². The van der Waals surface area contributed by atoms with Gasteiger partial charge in [-0.25, -0.2) is 0 Å². The van der Waals surface area contributed by atoms with E-state index in [1.54, 1.807) is 0 Å². The van der Waals surface area contributed by atoms with Crippen LogP contribution in [0.1, 0.15) is 0 Å². The minimum absolute atomic E-state index is 0.323. The van der Waals surface area contributed by atoms with Crippen LogP contribution in [0.25, 0.3) is 0 Å². The number of aromatic nitrogens is 4. The molecular weight excluding hydrogens is 268 g/mol. The molecule has 9 heteroatoms. The van der Waals surface area contributed by atoms with E-state index in [0.717, 1.165) is 14.3 Å². The van der Waals surface area contributed by atoms with Gasteiger partial charge in [-0.3, -0.25) is 0 Å². The Balaban J connectivity index is 2.22. The summed E-state index contributed by atoms with van der Waals surface area (Å²) in [5.74, 6) is 0.850. The third kappa shape index (κ3) is 3.81. The molecule has 1 aromatic carbocycles. The molecule has 1 heterocycles. The first-order valence-corrected chi connectivity index (χ1v) is 7.83. The maximum atomic E-state index is 5.66. The highest BCUT2D eigenvalue weighted by Crippen LogP contribution is 2.15. The minimum atomic E-state index is 0.323. The minimum Gasteiger partial charge on any atom is -0.367 e. The summed E-state index contributed by atoms with van der Waals surface area (Å²) in [5, 5.41) is 0. The summed E-state index contributed by atoms with van der Waals surface area (Å²) in [6.07, 6.45) is 0. The number of nitrogens with one attached hydrogen (secondary N) is 2. The first-order valence-electron chi connectivity index (χ1n) is 4.14. The molecule has 3 atom stereocenters. The van der Waals surface area contributed by atoms with Gasteiger partial charge in [0.05, 0.1) is 17.0 Å². The molecule has 15 heavy (non-hydrogen) atoms. The van der Waals surface area contributed by atoms with Crippen molar-refractivity contribution < 1.29 is 4.84 Å². The molecular formula is C6H10N4OP4. The van der Waals surface area contributed by atoms with Crippen molar-refractivity contribution in [2.45, 2.75) is 0 Å². The van der Waals surface area contributed by atoms with Crippen LogP contribution in [0.5, 0.6) is 5.75 Å². The van der Waals surface area contributed by atoms with E-state index in [0.29, 0.717) is 25.5 Å². The van der Waals surface area contributed by atoms with Gasteiger partial charge in [-0.1, -0.05) is 18.2 Å². The molecule has 3 unspecified atom stereocenters. The lowest BCUT2D eigenvalue weighted by Crippen LogP contribution is -1.96. The van der Waals surface area contributed by atoms with Gasteiger partial charge in [0.2, 0.25) is 0 Å². The maximum Gasteiger partial charge on any atom is 0.156 e. The van der Waals surface area contributed by atoms with E-state index in [2.05, 4.69) is 13.5 Å². The summed E-state index contributed by atoms with van der Waals surface area (Å²) >= 11 is 0. The smallest absolute Gasteiger partial charge is 0.156 e. The van der Waals surface area contributed by atoms with Crippen LogP contribution in [-0.2, 0) is 0 Å². The molecule has 0 saturated carbocycles. The van der Waals surface area contributed by atoms with Crippen molar-refractivity contribution in [3.8, 4) is 5.75 Å². The molecule has 0 aliphatic carbocycles. The van der Waals surface area contributed by atoms with Crippen LogP contribution in [0.2, 0.25) is 0 Å². The van der Waals surface area contributed by atoms with Crippen LogP contribution in [0, 0.1) is 0 Å². The van der Waals surface area contributed by atoms with Crippen molar-refractivity contribution in [3.05, 3.63) is 30.3 Å². The summed E-state index contributed by atoms with van der Waals surface area (Å²) in [4.78, 5) is 5.66. The van der Waals surface area contributed by atoms with E-state index in [4.69, 9.17) is 4.84 Å². The van der Waals surface area contributed by atoms with Crippen LogP contribution in [0.3, 0.4) is 0 Å². The van der Waals surface area contributed by atoms with E-state index < -0.39 is 0 Å². The van der Waals surface area contributed by atoms with Gasteiger partial charge in [0.25, 0.3) is 0 Å². The van der Waals surface area contributed by atoms with Gasteiger partial charge < -0.3 is 13.9 Å². The molecule has 0 amide bonds. The second-order valence-corrected chi connectivity index (χ2v) is 7.30. The second-order valence-electron chi connectivity index (χ2n) is 2.47. The fourth-order valence-corrected chi connectivity index (χ4v) is 4.99. The topological polar surface area (TPSA) is 58.6 Å². The number of para-hydroxylation sites is 1. The molecule has 0 radical (unpaired) electrons. The fraction of sp³-hybridized carbons (Fsp3) is 0. The molecule has 5 nitrogen and oxygen atoms in total. The number of rotatable bonds is 2. The summed E-state index contributed by atoms with van der Waals surface area (Å²) in [6.45, 7) is 0. The number of benzene rings is 1. The van der Waals surface area contributed by atoms with Crippen molar-refractivity contribution in [1.29, 1.82) is 0 Å². The van der Waals surface area contributed by atoms with Gasteiger partial charge in [-0.2, -0.15) is 4.51 Å². The molecule has 2 rings (SSSR count). The maximum absolute atomic E-state index is 5.66. The highest BCUT2D eigenvalue weighted by Gasteiger charge is 1.89. The Morgan fingerprint density at radius 3 is 3.07 bits per heavy atom.